The molecule has 5 heteroatoms. The zero-order chi connectivity index (χ0) is 15.0. The van der Waals surface area contributed by atoms with Crippen LogP contribution in [0.3, 0.4) is 0 Å². The van der Waals surface area contributed by atoms with Crippen molar-refractivity contribution in [2.75, 3.05) is 6.54 Å². The lowest BCUT2D eigenvalue weighted by molar-refractivity contribution is 0.0475. The molecule has 1 aromatic heterocycles. The summed E-state index contributed by atoms with van der Waals surface area (Å²) in [6, 6.07) is 2.13. The fourth-order valence-corrected chi connectivity index (χ4v) is 3.69. The Morgan fingerprint density at radius 1 is 1.55 bits per heavy atom. The van der Waals surface area contributed by atoms with Crippen LogP contribution in [0.15, 0.2) is 11.4 Å². The summed E-state index contributed by atoms with van der Waals surface area (Å²) in [6.45, 7) is 10.7. The van der Waals surface area contributed by atoms with Crippen LogP contribution in [0, 0.1) is 0 Å². The van der Waals surface area contributed by atoms with E-state index in [4.69, 9.17) is 4.74 Å². The van der Waals surface area contributed by atoms with Crippen LogP contribution >= 0.6 is 11.3 Å². The van der Waals surface area contributed by atoms with Crippen molar-refractivity contribution in [3.8, 4) is 0 Å². The molecular weight excluding hydrogens is 272 g/mol. The molecule has 1 aromatic rings. The fourth-order valence-electron chi connectivity index (χ4n) is 2.50. The Morgan fingerprint density at radius 2 is 2.25 bits per heavy atom. The van der Waals surface area contributed by atoms with E-state index in [1.807, 2.05) is 27.7 Å². The molecule has 0 spiro atoms. The lowest BCUT2D eigenvalue weighted by Crippen LogP contribution is -2.57. The molecule has 112 valence electrons. The molecule has 20 heavy (non-hydrogen) atoms. The van der Waals surface area contributed by atoms with Crippen molar-refractivity contribution in [3.05, 3.63) is 21.9 Å². The summed E-state index contributed by atoms with van der Waals surface area (Å²) in [7, 11) is 0. The van der Waals surface area contributed by atoms with Crippen molar-refractivity contribution in [2.24, 2.45) is 0 Å². The van der Waals surface area contributed by atoms with Crippen LogP contribution in [-0.2, 0) is 16.7 Å². The Hall–Kier alpha value is -1.07. The number of hydrogen-bond acceptors (Lipinski definition) is 4. The average Bonchev–Trinajstić information content (AvgIpc) is 2.75. The molecule has 0 saturated heterocycles. The molecule has 4 nitrogen and oxygen atoms in total. The molecule has 1 aliphatic heterocycles. The van der Waals surface area contributed by atoms with Gasteiger partial charge in [-0.1, -0.05) is 0 Å². The molecule has 0 radical (unpaired) electrons. The Kier molecular flexibility index (Phi) is 4.12. The van der Waals surface area contributed by atoms with E-state index in [0.29, 0.717) is 0 Å². The van der Waals surface area contributed by atoms with Gasteiger partial charge in [0.05, 0.1) is 11.6 Å². The molecule has 1 amide bonds. The minimum Gasteiger partial charge on any atom is -0.444 e. The quantitative estimate of drug-likeness (QED) is 0.882. The van der Waals surface area contributed by atoms with Gasteiger partial charge in [0, 0.05) is 11.4 Å². The van der Waals surface area contributed by atoms with E-state index in [-0.39, 0.29) is 17.7 Å². The SMILES string of the molecule is CC(NC(=O)OC(C)(C)C)C1(C)NCCc2ccsc21. The maximum absolute atomic E-state index is 11.9. The summed E-state index contributed by atoms with van der Waals surface area (Å²) in [4.78, 5) is 13.3. The molecule has 2 heterocycles. The van der Waals surface area contributed by atoms with E-state index >= 15 is 0 Å². The van der Waals surface area contributed by atoms with Crippen molar-refractivity contribution in [1.29, 1.82) is 0 Å². The van der Waals surface area contributed by atoms with Crippen LogP contribution in [0.1, 0.15) is 45.1 Å². The van der Waals surface area contributed by atoms with Crippen LogP contribution in [0.2, 0.25) is 0 Å². The molecule has 1 aliphatic rings. The third-order valence-corrected chi connectivity index (χ3v) is 4.90. The van der Waals surface area contributed by atoms with Gasteiger partial charge in [-0.05, 0) is 58.0 Å². The predicted octanol–water partition coefficient (Wildman–Crippen LogP) is 3.02. The number of rotatable bonds is 2. The Labute approximate surface area is 124 Å². The average molecular weight is 296 g/mol. The topological polar surface area (TPSA) is 50.4 Å². The Bertz CT molecular complexity index is 492. The number of amides is 1. The number of thiophene rings is 1. The van der Waals surface area contributed by atoms with Crippen molar-refractivity contribution >= 4 is 17.4 Å². The third kappa shape index (κ3) is 3.15. The van der Waals surface area contributed by atoms with Crippen LogP contribution in [0.25, 0.3) is 0 Å². The monoisotopic (exact) mass is 296 g/mol. The van der Waals surface area contributed by atoms with E-state index < -0.39 is 5.60 Å². The van der Waals surface area contributed by atoms with Gasteiger partial charge in [-0.3, -0.25) is 0 Å². The van der Waals surface area contributed by atoms with Gasteiger partial charge < -0.3 is 15.4 Å². The Morgan fingerprint density at radius 3 is 2.90 bits per heavy atom. The standard InChI is InChI=1S/C15H24N2O2S/c1-10(17-13(18)19-14(2,3)4)15(5)12-11(6-8-16-15)7-9-20-12/h7,9-10,16H,6,8H2,1-5H3,(H,17,18). The van der Waals surface area contributed by atoms with E-state index in [1.165, 1.54) is 10.4 Å². The highest BCUT2D eigenvalue weighted by Crippen LogP contribution is 2.35. The van der Waals surface area contributed by atoms with E-state index in [0.717, 1.165) is 13.0 Å². The molecule has 2 atom stereocenters. The highest BCUT2D eigenvalue weighted by atomic mass is 32.1. The molecule has 0 bridgehead atoms. The summed E-state index contributed by atoms with van der Waals surface area (Å²) < 4.78 is 5.34. The predicted molar refractivity (Wildman–Crippen MR) is 82.2 cm³/mol. The second-order valence-electron chi connectivity index (χ2n) is 6.52. The number of carbonyl (C=O) groups is 1. The number of hydrogen-bond donors (Lipinski definition) is 2. The zero-order valence-electron chi connectivity index (χ0n) is 12.9. The second kappa shape index (κ2) is 5.37. The summed E-state index contributed by atoms with van der Waals surface area (Å²) >= 11 is 1.75. The molecular formula is C15H24N2O2S. The highest BCUT2D eigenvalue weighted by Gasteiger charge is 2.39. The number of ether oxygens (including phenoxy) is 1. The van der Waals surface area contributed by atoms with Crippen LogP contribution < -0.4 is 10.6 Å². The molecule has 2 N–H and O–H groups in total. The van der Waals surface area contributed by atoms with Gasteiger partial charge in [-0.2, -0.15) is 0 Å². The summed E-state index contributed by atoms with van der Waals surface area (Å²) in [5.41, 5.74) is 0.673. The summed E-state index contributed by atoms with van der Waals surface area (Å²) in [5.74, 6) is 0. The van der Waals surface area contributed by atoms with Gasteiger partial charge in [0.25, 0.3) is 0 Å². The van der Waals surface area contributed by atoms with Crippen molar-refractivity contribution < 1.29 is 9.53 Å². The number of carbonyl (C=O) groups excluding carboxylic acids is 1. The number of alkyl carbamates (subject to hydrolysis) is 1. The van der Waals surface area contributed by atoms with E-state index in [1.54, 1.807) is 11.3 Å². The third-order valence-electron chi connectivity index (χ3n) is 3.70. The first-order valence-electron chi connectivity index (χ1n) is 7.04. The van der Waals surface area contributed by atoms with Gasteiger partial charge in [-0.15, -0.1) is 11.3 Å². The zero-order valence-corrected chi connectivity index (χ0v) is 13.7. The van der Waals surface area contributed by atoms with Gasteiger partial charge >= 0.3 is 6.09 Å². The second-order valence-corrected chi connectivity index (χ2v) is 7.44. The maximum atomic E-state index is 11.9. The van der Waals surface area contributed by atoms with E-state index in [2.05, 4.69) is 29.0 Å². The van der Waals surface area contributed by atoms with Crippen LogP contribution in [0.4, 0.5) is 4.79 Å². The first-order valence-corrected chi connectivity index (χ1v) is 7.92. The lowest BCUT2D eigenvalue weighted by atomic mass is 9.85. The number of fused-ring (bicyclic) bond motifs is 1. The van der Waals surface area contributed by atoms with Crippen molar-refractivity contribution in [1.82, 2.24) is 10.6 Å². The first-order chi connectivity index (χ1) is 9.22. The van der Waals surface area contributed by atoms with Crippen molar-refractivity contribution in [3.63, 3.8) is 0 Å². The van der Waals surface area contributed by atoms with Gasteiger partial charge in [0.15, 0.2) is 0 Å². The van der Waals surface area contributed by atoms with Gasteiger partial charge in [0.1, 0.15) is 5.60 Å². The first kappa shape index (κ1) is 15.3. The normalized spacial score (nSPS) is 23.9. The van der Waals surface area contributed by atoms with Gasteiger partial charge in [0.2, 0.25) is 0 Å². The lowest BCUT2D eigenvalue weighted by Gasteiger charge is -2.40. The molecule has 2 rings (SSSR count). The summed E-state index contributed by atoms with van der Waals surface area (Å²) in [6.07, 6.45) is 0.685. The Balaban J connectivity index is 2.10. The minimum atomic E-state index is -0.473. The largest absolute Gasteiger partial charge is 0.444 e. The summed E-state index contributed by atoms with van der Waals surface area (Å²) in [5, 5.41) is 8.63. The van der Waals surface area contributed by atoms with Crippen LogP contribution in [0.5, 0.6) is 0 Å². The fraction of sp³-hybridized carbons (Fsp3) is 0.667. The van der Waals surface area contributed by atoms with Crippen LogP contribution in [-0.4, -0.2) is 24.3 Å². The molecule has 0 fully saturated rings. The van der Waals surface area contributed by atoms with Gasteiger partial charge in [-0.25, -0.2) is 4.79 Å². The minimum absolute atomic E-state index is 0.0463. The van der Waals surface area contributed by atoms with E-state index in [9.17, 15) is 4.79 Å². The van der Waals surface area contributed by atoms with Crippen molar-refractivity contribution in [2.45, 2.75) is 58.2 Å². The number of nitrogens with one attached hydrogen (secondary N) is 2. The smallest absolute Gasteiger partial charge is 0.407 e. The molecule has 0 aliphatic carbocycles. The maximum Gasteiger partial charge on any atom is 0.407 e. The molecule has 2 unspecified atom stereocenters. The molecule has 0 saturated carbocycles. The molecule has 0 aromatic carbocycles. The highest BCUT2D eigenvalue weighted by molar-refractivity contribution is 7.10.